The molecule has 0 radical (unpaired) electrons. The molecule has 0 fully saturated rings. The Morgan fingerprint density at radius 3 is 0.860 bits per heavy atom. The van der Waals surface area contributed by atoms with Gasteiger partial charge in [0, 0.05) is 89.3 Å². The Balaban J connectivity index is 0.000000133. The molecule has 4 nitrogen and oxygen atoms in total. The van der Waals surface area contributed by atoms with E-state index in [0.29, 0.717) is 5.92 Å². The third-order valence-electron chi connectivity index (χ3n) is 24.6. The van der Waals surface area contributed by atoms with Gasteiger partial charge >= 0.3 is 0 Å². The molecule has 12 aromatic rings. The second-order valence-electron chi connectivity index (χ2n) is 39.7. The number of para-hydroxylation sites is 4. The van der Waals surface area contributed by atoms with E-state index in [1.54, 1.807) is 0 Å². The van der Waals surface area contributed by atoms with Crippen molar-refractivity contribution in [3.05, 3.63) is 334 Å². The molecule has 0 saturated carbocycles. The van der Waals surface area contributed by atoms with Crippen LogP contribution in [0.2, 0.25) is 0 Å². The molecule has 0 saturated heterocycles. The van der Waals surface area contributed by atoms with E-state index in [9.17, 15) is 0 Å². The Labute approximate surface area is 687 Å². The summed E-state index contributed by atoms with van der Waals surface area (Å²) >= 11 is 0. The van der Waals surface area contributed by atoms with Crippen LogP contribution in [0.25, 0.3) is 44.5 Å². The lowest BCUT2D eigenvalue weighted by atomic mass is 9.72. The topological polar surface area (TPSA) is 13.0 Å². The Kier molecular flexibility index (Phi) is 21.7. The molecule has 0 bridgehead atoms. The van der Waals surface area contributed by atoms with Crippen LogP contribution >= 0.6 is 0 Å². The summed E-state index contributed by atoms with van der Waals surface area (Å²) in [4.78, 5) is 10.0. The summed E-state index contributed by atoms with van der Waals surface area (Å²) in [6.07, 6.45) is 1.02. The molecule has 0 atom stereocenters. The van der Waals surface area contributed by atoms with Crippen molar-refractivity contribution in [3.63, 3.8) is 0 Å². The fraction of sp³-hybridized carbons (Fsp3) is 0.345. The Hall–Kier alpha value is -10.2. The highest BCUT2D eigenvalue weighted by molar-refractivity contribution is 5.91. The lowest BCUT2D eigenvalue weighted by Gasteiger charge is -2.42. The minimum absolute atomic E-state index is 0.00177. The number of hydrogen-bond acceptors (Lipinski definition) is 4. The molecule has 588 valence electrons. The van der Waals surface area contributed by atoms with Gasteiger partial charge in [-0.05, 0) is 292 Å². The van der Waals surface area contributed by atoms with Crippen molar-refractivity contribution in [2.45, 2.75) is 249 Å². The fourth-order valence-corrected chi connectivity index (χ4v) is 20.3. The van der Waals surface area contributed by atoms with Crippen molar-refractivity contribution in [2.24, 2.45) is 0 Å². The number of benzene rings is 12. The van der Waals surface area contributed by atoms with Gasteiger partial charge in [0.05, 0.1) is 0 Å². The van der Waals surface area contributed by atoms with Crippen LogP contribution in [0.4, 0.5) is 45.5 Å². The molecule has 0 amide bonds. The number of fused-ring (bicyclic) bond motifs is 12. The summed E-state index contributed by atoms with van der Waals surface area (Å²) < 4.78 is 0. The fourth-order valence-electron chi connectivity index (χ4n) is 20.3. The van der Waals surface area contributed by atoms with Crippen LogP contribution in [-0.4, -0.2) is 22.2 Å². The zero-order valence-corrected chi connectivity index (χ0v) is 74.0. The van der Waals surface area contributed by atoms with Crippen molar-refractivity contribution < 1.29 is 0 Å². The summed E-state index contributed by atoms with van der Waals surface area (Å²) in [6, 6.07) is 97.5. The zero-order valence-electron chi connectivity index (χ0n) is 74.0. The second-order valence-corrected chi connectivity index (χ2v) is 39.7. The predicted molar refractivity (Wildman–Crippen MR) is 496 cm³/mol. The van der Waals surface area contributed by atoms with E-state index in [2.05, 4.69) is 473 Å². The first-order chi connectivity index (χ1) is 53.6. The number of rotatable bonds is 10. The van der Waals surface area contributed by atoms with Gasteiger partial charge < -0.3 is 19.6 Å². The molecule has 16 rings (SSSR count). The van der Waals surface area contributed by atoms with E-state index >= 15 is 0 Å². The normalized spacial score (nSPS) is 14.7. The van der Waals surface area contributed by atoms with Crippen molar-refractivity contribution in [3.8, 4) is 44.5 Å². The molecule has 0 N–H and O–H groups in total. The summed E-state index contributed by atoms with van der Waals surface area (Å²) in [5.74, 6) is 0.432. The van der Waals surface area contributed by atoms with Crippen LogP contribution in [0.5, 0.6) is 0 Å². The molecule has 4 aliphatic rings. The van der Waals surface area contributed by atoms with Crippen molar-refractivity contribution >= 4 is 45.5 Å². The van der Waals surface area contributed by atoms with Crippen LogP contribution in [-0.2, 0) is 33.5 Å². The molecular formula is C110H128N4. The average Bonchev–Trinajstić information content (AvgIpc) is 1.54. The summed E-state index contributed by atoms with van der Waals surface area (Å²) in [7, 11) is 0. The summed E-state index contributed by atoms with van der Waals surface area (Å²) in [5, 5.41) is 0. The van der Waals surface area contributed by atoms with Crippen molar-refractivity contribution in [1.82, 2.24) is 0 Å². The monoisotopic (exact) mass is 1510 g/mol. The Bertz CT molecular complexity index is 5480. The van der Waals surface area contributed by atoms with Gasteiger partial charge in [0.25, 0.3) is 0 Å². The van der Waals surface area contributed by atoms with Gasteiger partial charge in [-0.25, -0.2) is 0 Å². The highest BCUT2D eigenvalue weighted by Gasteiger charge is 2.46. The van der Waals surface area contributed by atoms with E-state index < -0.39 is 0 Å². The minimum Gasteiger partial charge on any atom is -0.336 e. The first kappa shape index (κ1) is 81.8. The van der Waals surface area contributed by atoms with Crippen LogP contribution in [0.1, 0.15) is 253 Å². The van der Waals surface area contributed by atoms with E-state index in [1.165, 1.54) is 157 Å². The predicted octanol–water partition coefficient (Wildman–Crippen LogP) is 31.0. The molecule has 12 aromatic carbocycles. The largest absolute Gasteiger partial charge is 0.336 e. The van der Waals surface area contributed by atoms with Gasteiger partial charge in [0.2, 0.25) is 0 Å². The van der Waals surface area contributed by atoms with E-state index in [-0.39, 0.29) is 49.2 Å². The van der Waals surface area contributed by atoms with Gasteiger partial charge in [0.1, 0.15) is 0 Å². The van der Waals surface area contributed by atoms with Crippen LogP contribution in [0, 0.1) is 6.92 Å². The second kappa shape index (κ2) is 30.2. The molecular weight excluding hydrogens is 1380 g/mol. The molecule has 0 aromatic heterocycles. The van der Waals surface area contributed by atoms with Crippen LogP contribution in [0.15, 0.2) is 267 Å². The molecule has 0 aliphatic heterocycles. The molecule has 0 heterocycles. The van der Waals surface area contributed by atoms with Gasteiger partial charge in [-0.15, -0.1) is 0 Å². The first-order valence-electron chi connectivity index (χ1n) is 42.0. The molecule has 0 unspecified atom stereocenters. The zero-order chi connectivity index (χ0) is 82.4. The van der Waals surface area contributed by atoms with Gasteiger partial charge in [-0.2, -0.15) is 0 Å². The van der Waals surface area contributed by atoms with Crippen LogP contribution in [0.3, 0.4) is 0 Å². The Morgan fingerprint density at radius 2 is 0.518 bits per heavy atom. The molecule has 4 aliphatic carbocycles. The van der Waals surface area contributed by atoms with Gasteiger partial charge in [-0.1, -0.05) is 291 Å². The summed E-state index contributed by atoms with van der Waals surface area (Å²) in [6.45, 7) is 62.9. The quantitative estimate of drug-likeness (QED) is 0.135. The minimum atomic E-state index is -0.0504. The number of anilines is 8. The SMILES string of the molecule is CC(C)(C)c1c(N(c2ccccc2)C(C)(C)C)ccc2c1C(C)(C)c1ccccc1-2.CC(C)c1c(N(c2ccccc2)C(C)(C)C)ccc2c1C(C)(C)c1ccccc1-2.CCc1c(N(c2ccccc2)C(C)(C)C)ccc2c1C(C)(C)c1ccccc1-2.Cc1c(N(c2ccccc2)C(C)(C)C)ccc2c1C(C)(C)c1ccccc1-2. The average molecular weight is 1510 g/mol. The number of hydrogen-bond donors (Lipinski definition) is 0. The van der Waals surface area contributed by atoms with E-state index in [4.69, 9.17) is 0 Å². The molecule has 4 heteroatoms. The maximum atomic E-state index is 2.52. The molecule has 0 spiro atoms. The maximum absolute atomic E-state index is 2.52. The lowest BCUT2D eigenvalue weighted by Crippen LogP contribution is -2.39. The first-order valence-corrected chi connectivity index (χ1v) is 42.0. The third-order valence-corrected chi connectivity index (χ3v) is 24.6. The van der Waals surface area contributed by atoms with E-state index in [1.807, 2.05) is 0 Å². The highest BCUT2D eigenvalue weighted by Crippen LogP contribution is 2.59. The van der Waals surface area contributed by atoms with Gasteiger partial charge in [-0.3, -0.25) is 0 Å². The lowest BCUT2D eigenvalue weighted by molar-refractivity contribution is 0.531. The van der Waals surface area contributed by atoms with Crippen molar-refractivity contribution in [2.75, 3.05) is 19.6 Å². The van der Waals surface area contributed by atoms with Gasteiger partial charge in [0.15, 0.2) is 0 Å². The smallest absolute Gasteiger partial charge is 0.0457 e. The standard InChI is InChI=1S/C29H35N.C28H33N.C27H31N.C26H29N/c1-27(2,3)26-24(30(28(4,5)6)20-14-10-9-11-15-20)19-18-22-21-16-12-13-17-23(21)29(7,8)25(22)26;1-19(2)25-24(29(27(3,4)5)20-13-9-8-10-14-20)18-17-22-21-15-11-12-16-23(21)28(6,7)26(22)25;1-7-20-24(28(26(2,3)4)19-13-9-8-10-14-19)18-17-22-21-15-11-12-16-23(21)27(5,6)25(20)22;1-18-23(27(25(2,3)4)19-12-8-7-9-13-19)17-16-21-20-14-10-11-15-22(20)26(5,6)24(18)21/h9-19H,1-8H3;8-19H,1-7H3;8-18H,7H2,1-6H3;7-17H,1-6H3. The maximum Gasteiger partial charge on any atom is 0.0457 e. The van der Waals surface area contributed by atoms with E-state index in [0.717, 1.165) is 6.42 Å². The third kappa shape index (κ3) is 14.7. The number of nitrogens with zero attached hydrogens (tertiary/aromatic N) is 4. The van der Waals surface area contributed by atoms with Crippen LogP contribution < -0.4 is 19.6 Å². The van der Waals surface area contributed by atoms with Crippen molar-refractivity contribution in [1.29, 1.82) is 0 Å². The molecule has 114 heavy (non-hydrogen) atoms. The highest BCUT2D eigenvalue weighted by atomic mass is 15.2. The Morgan fingerprint density at radius 1 is 0.263 bits per heavy atom. The summed E-state index contributed by atoms with van der Waals surface area (Å²) in [5.41, 5.74) is 38.8.